The number of benzene rings is 7. The van der Waals surface area contributed by atoms with Crippen molar-refractivity contribution in [3.63, 3.8) is 0 Å². The third kappa shape index (κ3) is 80.5. The van der Waals surface area contributed by atoms with Gasteiger partial charge in [-0.2, -0.15) is 20.5 Å². The molecule has 0 unspecified atom stereocenters. The van der Waals surface area contributed by atoms with E-state index < -0.39 is 15.8 Å². The third-order valence-electron chi connectivity index (χ3n) is 17.1. The van der Waals surface area contributed by atoms with E-state index >= 15 is 0 Å². The van der Waals surface area contributed by atoms with Crippen molar-refractivity contribution in [1.82, 2.24) is 0 Å². The number of nitro benzene ring substituents is 2. The maximum Gasteiger partial charge on any atom is 0.330 e. The van der Waals surface area contributed by atoms with Crippen LogP contribution in [0.2, 0.25) is 0 Å². The number of non-ortho nitro benzene ring substituents is 2. The molecule has 129 heavy (non-hydrogen) atoms. The number of phenolic OH excluding ortho intramolecular Hbond substituents is 1. The average molecular weight is 1950 g/mol. The Labute approximate surface area is 799 Å². The van der Waals surface area contributed by atoms with Crippen LogP contribution in [0.1, 0.15) is 245 Å². The first-order chi connectivity index (χ1) is 62.5. The number of azo groups is 2. The minimum absolute atomic E-state index is 0. The van der Waals surface area contributed by atoms with E-state index in [1.807, 2.05) is 96.2 Å². The first kappa shape index (κ1) is 123. The van der Waals surface area contributed by atoms with Gasteiger partial charge in [0.15, 0.2) is 0 Å². The van der Waals surface area contributed by atoms with Gasteiger partial charge in [-0.1, -0.05) is 198 Å². The summed E-state index contributed by atoms with van der Waals surface area (Å²) in [7, 11) is 0. The number of aliphatic carboxylic acids is 1. The lowest BCUT2D eigenvalue weighted by Crippen LogP contribution is -2.02. The van der Waals surface area contributed by atoms with Crippen molar-refractivity contribution in [2.45, 2.75) is 240 Å². The summed E-state index contributed by atoms with van der Waals surface area (Å²) in [4.78, 5) is 61.0. The summed E-state index contributed by atoms with van der Waals surface area (Å²) in [5, 5.41) is 62.9. The van der Waals surface area contributed by atoms with Crippen LogP contribution in [0.25, 0.3) is 0 Å². The fourth-order valence-electron chi connectivity index (χ4n) is 10.2. The van der Waals surface area contributed by atoms with Gasteiger partial charge in [-0.05, 0) is 252 Å². The Morgan fingerprint density at radius 3 is 1.19 bits per heavy atom. The predicted molar refractivity (Wildman–Crippen MR) is 543 cm³/mol. The number of carboxylic acid groups (broad SMARTS) is 1. The molecule has 0 fully saturated rings. The Morgan fingerprint density at radius 2 is 0.829 bits per heavy atom. The first-order valence-electron chi connectivity index (χ1n) is 44.4. The van der Waals surface area contributed by atoms with Gasteiger partial charge in [0.2, 0.25) is 0 Å². The van der Waals surface area contributed by atoms with Gasteiger partial charge in [0, 0.05) is 102 Å². The second-order valence-corrected chi connectivity index (χ2v) is 30.7. The highest BCUT2D eigenvalue weighted by Crippen LogP contribution is 2.26. The number of aryl methyl sites for hydroxylation is 3. The normalized spacial score (nSPS) is 9.81. The largest absolute Gasteiger partial charge is 0.508 e. The number of aliphatic hydroxyl groups excluding tert-OH is 1. The number of carboxylic acids is 1. The van der Waals surface area contributed by atoms with Gasteiger partial charge in [0.05, 0.1) is 59.0 Å². The molecule has 0 saturated heterocycles. The number of phenols is 1. The van der Waals surface area contributed by atoms with Gasteiger partial charge in [-0.15, -0.1) is 47.1 Å². The SMILES string of the molecule is C#CCCC.C=CC(=O)O.C=CC(=O)OCCCCCCCl.C=CC(=O)OCCCCCCCl.C=CC(=O)OCCCCCCOc1ccc(N=Nc2cccc(CCCCC)c2)cc1.CCCC#Cc1cccc([N+](=O)[O-])c1.CCCCCc1cccc(N)c1.CCCCCc1cccc(N=Nc2ccc(O)cc2)c1.O=[N+]([O-])c1cccc(I)c1.OCCCCCCCl.[HH]. The molecule has 0 aromatic heterocycles. The van der Waals surface area contributed by atoms with Crippen LogP contribution in [0, 0.1) is 48.0 Å². The Bertz CT molecular complexity index is 4240. The van der Waals surface area contributed by atoms with Crippen LogP contribution in [0.15, 0.2) is 241 Å². The number of hydrogen-bond donors (Lipinski definition) is 4. The second kappa shape index (κ2) is 90.8. The summed E-state index contributed by atoms with van der Waals surface area (Å²) >= 11 is 18.4. The summed E-state index contributed by atoms with van der Waals surface area (Å²) in [6.45, 7) is 26.1. The number of hydrogen-bond acceptors (Lipinski definition) is 19. The molecule has 0 spiro atoms. The highest BCUT2D eigenvalue weighted by Gasteiger charge is 2.07. The van der Waals surface area contributed by atoms with E-state index in [0.717, 1.165) is 191 Å². The molecular formula is C103H143Cl3IN7O15. The van der Waals surface area contributed by atoms with Gasteiger partial charge in [0.1, 0.15) is 11.5 Å². The Balaban J connectivity index is -0.000000710. The van der Waals surface area contributed by atoms with Gasteiger partial charge >= 0.3 is 23.9 Å². The van der Waals surface area contributed by atoms with Crippen molar-refractivity contribution in [2.24, 2.45) is 20.5 Å². The molecule has 0 saturated carbocycles. The minimum Gasteiger partial charge on any atom is -0.508 e. The summed E-state index contributed by atoms with van der Waals surface area (Å²) in [6.07, 6.45) is 44.2. The number of anilines is 1. The van der Waals surface area contributed by atoms with E-state index in [9.17, 15) is 44.5 Å². The topological polar surface area (TPSA) is 328 Å². The number of esters is 3. The van der Waals surface area contributed by atoms with Gasteiger partial charge in [0.25, 0.3) is 11.4 Å². The molecule has 0 atom stereocenters. The number of alkyl halides is 3. The van der Waals surface area contributed by atoms with Crippen LogP contribution in [0.3, 0.4) is 0 Å². The number of aromatic hydroxyl groups is 1. The highest BCUT2D eigenvalue weighted by molar-refractivity contribution is 14.1. The molecule has 22 nitrogen and oxygen atoms in total. The van der Waals surface area contributed by atoms with Gasteiger partial charge in [-0.25, -0.2) is 19.2 Å². The summed E-state index contributed by atoms with van der Waals surface area (Å²) in [5.74, 6) is 9.58. The van der Waals surface area contributed by atoms with Crippen molar-refractivity contribution in [1.29, 1.82) is 0 Å². The van der Waals surface area contributed by atoms with Crippen LogP contribution in [-0.2, 0) is 52.7 Å². The Morgan fingerprint density at radius 1 is 0.457 bits per heavy atom. The zero-order valence-corrected chi connectivity index (χ0v) is 81.1. The fraction of sp³-hybridized carbons (Fsp3) is 0.437. The van der Waals surface area contributed by atoms with Crippen LogP contribution in [0.5, 0.6) is 11.5 Å². The molecule has 7 aromatic carbocycles. The molecule has 0 radical (unpaired) electrons. The number of nitrogen functional groups attached to an aromatic ring is 1. The van der Waals surface area contributed by atoms with E-state index in [1.54, 1.807) is 42.5 Å². The lowest BCUT2D eigenvalue weighted by atomic mass is 10.1. The summed E-state index contributed by atoms with van der Waals surface area (Å²) in [6, 6.07) is 51.9. The monoisotopic (exact) mass is 1950 g/mol. The molecule has 0 aliphatic rings. The molecule has 0 aliphatic heterocycles. The maximum atomic E-state index is 10.9. The van der Waals surface area contributed by atoms with E-state index in [0.29, 0.717) is 50.4 Å². The van der Waals surface area contributed by atoms with E-state index in [-0.39, 0.29) is 36.5 Å². The lowest BCUT2D eigenvalue weighted by molar-refractivity contribution is -0.385. The molecule has 708 valence electrons. The number of aliphatic hydroxyl groups is 1. The van der Waals surface area contributed by atoms with E-state index in [4.69, 9.17) is 76.1 Å². The summed E-state index contributed by atoms with van der Waals surface area (Å²) < 4.78 is 21.2. The number of halogens is 4. The number of carbonyl (C=O) groups is 4. The summed E-state index contributed by atoms with van der Waals surface area (Å²) in [5.41, 5.74) is 14.8. The molecule has 5 N–H and O–H groups in total. The maximum absolute atomic E-state index is 10.9. The molecular weight excluding hydrogens is 1810 g/mol. The van der Waals surface area contributed by atoms with E-state index in [2.05, 4.69) is 129 Å². The minimum atomic E-state index is -0.981. The van der Waals surface area contributed by atoms with Crippen LogP contribution in [0.4, 0.5) is 39.8 Å². The molecule has 7 aromatic rings. The number of carbonyl (C=O) groups excluding carboxylic acids is 3. The van der Waals surface area contributed by atoms with Crippen molar-refractivity contribution in [2.75, 3.05) is 56.4 Å². The Kier molecular flexibility index (Phi) is 86.3. The smallest absolute Gasteiger partial charge is 0.330 e. The van der Waals surface area contributed by atoms with Gasteiger partial charge < -0.3 is 40.0 Å². The number of unbranched alkanes of at least 4 members (excludes halogenated alkanes) is 20. The number of rotatable bonds is 49. The van der Waals surface area contributed by atoms with Crippen molar-refractivity contribution in [3.05, 3.63) is 267 Å². The molecule has 26 heteroatoms. The number of nitro groups is 2. The average Bonchev–Trinajstić information content (AvgIpc) is 0.918. The van der Waals surface area contributed by atoms with Crippen molar-refractivity contribution in [3.8, 4) is 35.7 Å². The van der Waals surface area contributed by atoms with Crippen LogP contribution >= 0.6 is 57.4 Å². The molecule has 0 heterocycles. The Hall–Kier alpha value is -10.5. The number of ether oxygens (including phenoxy) is 4. The zero-order valence-electron chi connectivity index (χ0n) is 76.7. The van der Waals surface area contributed by atoms with Crippen LogP contribution in [-0.4, -0.2) is 99.7 Å². The number of nitrogens with zero attached hydrogens (tertiary/aromatic N) is 6. The van der Waals surface area contributed by atoms with Crippen LogP contribution < -0.4 is 10.5 Å². The third-order valence-corrected chi connectivity index (χ3v) is 18.6. The van der Waals surface area contributed by atoms with Crippen molar-refractivity contribution >= 4 is 121 Å². The molecule has 0 bridgehead atoms. The number of nitrogens with two attached hydrogens (primary N) is 1. The highest BCUT2D eigenvalue weighted by atomic mass is 127. The zero-order chi connectivity index (χ0) is 96.2. The fourth-order valence-corrected chi connectivity index (χ4v) is 11.3. The molecule has 0 aliphatic carbocycles. The second-order valence-electron chi connectivity index (χ2n) is 28.4. The molecule has 7 rings (SSSR count). The quantitative estimate of drug-likeness (QED) is 0.00235. The van der Waals surface area contributed by atoms with Crippen molar-refractivity contribution < 1.29 is 64.7 Å². The molecule has 0 amide bonds. The van der Waals surface area contributed by atoms with E-state index in [1.165, 1.54) is 123 Å². The first-order valence-corrected chi connectivity index (χ1v) is 47.1. The number of terminal acetylenes is 1. The van der Waals surface area contributed by atoms with Gasteiger partial charge in [-0.3, -0.25) is 20.2 Å². The predicted octanol–water partition coefficient (Wildman–Crippen LogP) is 29.7. The lowest BCUT2D eigenvalue weighted by Gasteiger charge is -2.06. The standard InChI is InChI=1S/C26H34N2O3.C17H20N2O.C11H11NO2.C11H17N.2C9H15ClO2.C6H13ClO.C6H4INO2.C5H8.C3H4O2.H2/c1-3-5-8-12-22-13-11-14-24(21-22)28-27-23-15-17-25(18-16-23)30-19-9-6-7-10-20-31-26(29)4-2;1-2-3-4-6-14-7-5-8-16(13-14)19-18-15-9-11-17(20)12-10-15;1-2-3-4-6-10-7-5-8-11(9-10)12(13)14;1-2-3-4-6-10-7-5-8-11(12)9-10;2*1-2-9(11)12-8-6-4-3-5-7-10;7-5-3-1-2-4-6-8;7-5-2-1-3-6(4-5)8(9)10;1-3-5-4-2;1-2-3(4)5;/h4,11,13-18,21H,2-3,5-10,12,19-20H2,1H3;5,7-13,20H,2-4,6H2,1H3;5,7-9H,2-3H2,1H3;5,7-9H,2-4,6,12H2,1H3;2*2H,1,3-8H2;8H,1-6H2;1-4H;1H,4-5H2,2H3;2H,1H2,(H,4,5);1H.